The minimum atomic E-state index is -0.0470. The lowest BCUT2D eigenvalue weighted by atomic mass is 10.2. The third-order valence-electron chi connectivity index (χ3n) is 3.25. The van der Waals surface area contributed by atoms with Crippen LogP contribution >= 0.6 is 0 Å². The highest BCUT2D eigenvalue weighted by Gasteiger charge is 2.18. The van der Waals surface area contributed by atoms with Crippen molar-refractivity contribution >= 4 is 6.03 Å². The van der Waals surface area contributed by atoms with Crippen molar-refractivity contribution in [2.45, 2.75) is 52.2 Å². The first kappa shape index (κ1) is 16.5. The van der Waals surface area contributed by atoms with E-state index >= 15 is 0 Å². The third-order valence-corrected chi connectivity index (χ3v) is 3.25. The van der Waals surface area contributed by atoms with Gasteiger partial charge in [0.25, 0.3) is 0 Å². The number of aliphatic hydroxyl groups excluding tert-OH is 1. The van der Waals surface area contributed by atoms with E-state index in [1.54, 1.807) is 0 Å². The number of urea groups is 1. The van der Waals surface area contributed by atoms with Crippen molar-refractivity contribution in [2.24, 2.45) is 0 Å². The summed E-state index contributed by atoms with van der Waals surface area (Å²) < 4.78 is 0. The lowest BCUT2D eigenvalue weighted by molar-refractivity contribution is 0.175. The van der Waals surface area contributed by atoms with Gasteiger partial charge >= 0.3 is 6.03 Å². The normalized spacial score (nSPS) is 12.2. The quantitative estimate of drug-likeness (QED) is 0.806. The smallest absolute Gasteiger partial charge is 0.318 e. The van der Waals surface area contributed by atoms with Crippen LogP contribution < -0.4 is 5.32 Å². The molecule has 1 atom stereocenters. The van der Waals surface area contributed by atoms with E-state index in [1.165, 1.54) is 0 Å². The van der Waals surface area contributed by atoms with E-state index in [9.17, 15) is 4.79 Å². The molecular weight excluding hydrogens is 252 g/mol. The van der Waals surface area contributed by atoms with Gasteiger partial charge in [0.1, 0.15) is 0 Å². The average Bonchev–Trinajstić information content (AvgIpc) is 2.43. The van der Waals surface area contributed by atoms with Gasteiger partial charge in [-0.2, -0.15) is 0 Å². The van der Waals surface area contributed by atoms with Crippen LogP contribution in [-0.4, -0.2) is 34.7 Å². The van der Waals surface area contributed by atoms with Gasteiger partial charge in [-0.25, -0.2) is 4.79 Å². The van der Waals surface area contributed by atoms with Crippen LogP contribution in [0.2, 0.25) is 0 Å². The minimum Gasteiger partial charge on any atom is -0.396 e. The summed E-state index contributed by atoms with van der Waals surface area (Å²) in [6.45, 7) is 6.77. The van der Waals surface area contributed by atoms with E-state index in [1.807, 2.05) is 56.0 Å². The molecule has 0 aliphatic carbocycles. The lowest BCUT2D eigenvalue weighted by Crippen LogP contribution is -2.46. The van der Waals surface area contributed by atoms with Crippen molar-refractivity contribution in [1.29, 1.82) is 0 Å². The number of hydrogen-bond donors (Lipinski definition) is 2. The van der Waals surface area contributed by atoms with Crippen molar-refractivity contribution in [3.05, 3.63) is 35.9 Å². The summed E-state index contributed by atoms with van der Waals surface area (Å²) in [7, 11) is 0. The Morgan fingerprint density at radius 3 is 2.45 bits per heavy atom. The molecule has 0 fully saturated rings. The molecule has 0 aliphatic rings. The highest BCUT2D eigenvalue weighted by atomic mass is 16.3. The van der Waals surface area contributed by atoms with E-state index in [-0.39, 0.29) is 24.7 Å². The number of carbonyl (C=O) groups is 1. The Labute approximate surface area is 121 Å². The number of nitrogens with one attached hydrogen (secondary N) is 1. The summed E-state index contributed by atoms with van der Waals surface area (Å²) in [5.41, 5.74) is 1.12. The third kappa shape index (κ3) is 5.61. The SMILES string of the molecule is CC(CCCO)NC(=O)N(Cc1ccccc1)C(C)C. The van der Waals surface area contributed by atoms with Crippen LogP contribution in [0.25, 0.3) is 0 Å². The Kier molecular flexibility index (Phi) is 7.09. The van der Waals surface area contributed by atoms with E-state index in [0.29, 0.717) is 13.0 Å². The van der Waals surface area contributed by atoms with Gasteiger partial charge in [0.05, 0.1) is 0 Å². The summed E-state index contributed by atoms with van der Waals surface area (Å²) in [5, 5.41) is 11.8. The average molecular weight is 278 g/mol. The van der Waals surface area contributed by atoms with Crippen molar-refractivity contribution in [3.8, 4) is 0 Å². The van der Waals surface area contributed by atoms with E-state index in [4.69, 9.17) is 5.11 Å². The Morgan fingerprint density at radius 1 is 1.25 bits per heavy atom. The number of benzene rings is 1. The molecule has 0 spiro atoms. The summed E-state index contributed by atoms with van der Waals surface area (Å²) in [6, 6.07) is 10.2. The molecule has 112 valence electrons. The van der Waals surface area contributed by atoms with Crippen molar-refractivity contribution in [3.63, 3.8) is 0 Å². The van der Waals surface area contributed by atoms with Gasteiger partial charge in [0.15, 0.2) is 0 Å². The van der Waals surface area contributed by atoms with Crippen molar-refractivity contribution in [1.82, 2.24) is 10.2 Å². The molecule has 0 radical (unpaired) electrons. The fraction of sp³-hybridized carbons (Fsp3) is 0.562. The van der Waals surface area contributed by atoms with Gasteiger partial charge in [-0.1, -0.05) is 30.3 Å². The first-order valence-electron chi connectivity index (χ1n) is 7.26. The molecule has 4 heteroatoms. The van der Waals surface area contributed by atoms with Crippen molar-refractivity contribution in [2.75, 3.05) is 6.61 Å². The van der Waals surface area contributed by atoms with Crippen LogP contribution in [0.5, 0.6) is 0 Å². The van der Waals surface area contributed by atoms with Crippen LogP contribution in [0, 0.1) is 0 Å². The second-order valence-electron chi connectivity index (χ2n) is 5.42. The van der Waals surface area contributed by atoms with E-state index < -0.39 is 0 Å². The molecule has 0 aromatic heterocycles. The Balaban J connectivity index is 2.59. The molecule has 20 heavy (non-hydrogen) atoms. The van der Waals surface area contributed by atoms with E-state index in [0.717, 1.165) is 12.0 Å². The zero-order valence-corrected chi connectivity index (χ0v) is 12.7. The van der Waals surface area contributed by atoms with Gasteiger partial charge in [-0.3, -0.25) is 0 Å². The highest BCUT2D eigenvalue weighted by Crippen LogP contribution is 2.09. The Morgan fingerprint density at radius 2 is 1.90 bits per heavy atom. The molecule has 0 aliphatic heterocycles. The first-order chi connectivity index (χ1) is 9.54. The number of nitrogens with zero attached hydrogens (tertiary/aromatic N) is 1. The topological polar surface area (TPSA) is 52.6 Å². The zero-order chi connectivity index (χ0) is 15.0. The fourth-order valence-corrected chi connectivity index (χ4v) is 2.03. The molecule has 0 heterocycles. The second-order valence-corrected chi connectivity index (χ2v) is 5.42. The van der Waals surface area contributed by atoms with Gasteiger partial charge < -0.3 is 15.3 Å². The van der Waals surface area contributed by atoms with Crippen LogP contribution in [0.3, 0.4) is 0 Å². The maximum Gasteiger partial charge on any atom is 0.318 e. The molecule has 2 amide bonds. The summed E-state index contributed by atoms with van der Waals surface area (Å²) in [4.78, 5) is 14.1. The van der Waals surface area contributed by atoms with E-state index in [2.05, 4.69) is 5.32 Å². The fourth-order valence-electron chi connectivity index (χ4n) is 2.03. The van der Waals surface area contributed by atoms with Gasteiger partial charge in [0, 0.05) is 25.2 Å². The number of amides is 2. The van der Waals surface area contributed by atoms with Gasteiger partial charge in [-0.05, 0) is 39.2 Å². The molecule has 1 rings (SSSR count). The maximum absolute atomic E-state index is 12.3. The van der Waals surface area contributed by atoms with Crippen LogP contribution in [0.4, 0.5) is 4.79 Å². The van der Waals surface area contributed by atoms with Gasteiger partial charge in [0.2, 0.25) is 0 Å². The lowest BCUT2D eigenvalue weighted by Gasteiger charge is -2.28. The van der Waals surface area contributed by atoms with Crippen LogP contribution in [-0.2, 0) is 6.54 Å². The zero-order valence-electron chi connectivity index (χ0n) is 12.7. The standard InChI is InChI=1S/C16H26N2O2/c1-13(2)18(12-15-9-5-4-6-10-15)16(20)17-14(3)8-7-11-19/h4-6,9-10,13-14,19H,7-8,11-12H2,1-3H3,(H,17,20). The number of rotatable bonds is 7. The molecule has 0 bridgehead atoms. The molecular formula is C16H26N2O2. The maximum atomic E-state index is 12.3. The number of carbonyl (C=O) groups excluding carboxylic acids is 1. The monoisotopic (exact) mass is 278 g/mol. The minimum absolute atomic E-state index is 0.0470. The predicted octanol–water partition coefficient (Wildman–Crippen LogP) is 2.77. The first-order valence-corrected chi connectivity index (χ1v) is 7.26. The largest absolute Gasteiger partial charge is 0.396 e. The molecule has 0 saturated carbocycles. The summed E-state index contributed by atoms with van der Waals surface area (Å²) in [6.07, 6.45) is 1.50. The van der Waals surface area contributed by atoms with Crippen molar-refractivity contribution < 1.29 is 9.90 Å². The highest BCUT2D eigenvalue weighted by molar-refractivity contribution is 5.74. The molecule has 4 nitrogen and oxygen atoms in total. The van der Waals surface area contributed by atoms with Crippen LogP contribution in [0.15, 0.2) is 30.3 Å². The summed E-state index contributed by atoms with van der Waals surface area (Å²) >= 11 is 0. The molecule has 1 aromatic rings. The number of hydrogen-bond acceptors (Lipinski definition) is 2. The summed E-state index contributed by atoms with van der Waals surface area (Å²) in [5.74, 6) is 0. The second kappa shape index (κ2) is 8.59. The Bertz CT molecular complexity index is 393. The number of aliphatic hydroxyl groups is 1. The Hall–Kier alpha value is -1.55. The predicted molar refractivity (Wildman–Crippen MR) is 81.4 cm³/mol. The molecule has 1 aromatic carbocycles. The molecule has 0 saturated heterocycles. The molecule has 1 unspecified atom stereocenters. The van der Waals surface area contributed by atoms with Gasteiger partial charge in [-0.15, -0.1) is 0 Å². The van der Waals surface area contributed by atoms with Crippen LogP contribution in [0.1, 0.15) is 39.2 Å². The molecule has 2 N–H and O–H groups in total.